The lowest BCUT2D eigenvalue weighted by atomic mass is 9.98. The fraction of sp³-hybridized carbons (Fsp3) is 0.750. The summed E-state index contributed by atoms with van der Waals surface area (Å²) < 4.78 is 0. The number of nitriles is 1. The van der Waals surface area contributed by atoms with Crippen LogP contribution in [0.15, 0.2) is 5.16 Å². The van der Waals surface area contributed by atoms with Crippen LogP contribution in [-0.4, -0.2) is 46.4 Å². The first-order valence-corrected chi connectivity index (χ1v) is 6.41. The summed E-state index contributed by atoms with van der Waals surface area (Å²) in [6.07, 6.45) is 3.25. The van der Waals surface area contributed by atoms with Crippen LogP contribution in [0, 0.1) is 17.2 Å². The summed E-state index contributed by atoms with van der Waals surface area (Å²) >= 11 is 0. The molecule has 0 aromatic heterocycles. The van der Waals surface area contributed by atoms with E-state index in [4.69, 9.17) is 10.5 Å². The van der Waals surface area contributed by atoms with E-state index >= 15 is 0 Å². The van der Waals surface area contributed by atoms with Gasteiger partial charge in [-0.25, -0.2) is 0 Å². The van der Waals surface area contributed by atoms with Crippen molar-refractivity contribution in [3.63, 3.8) is 0 Å². The third-order valence-corrected chi connectivity index (χ3v) is 4.34. The maximum atomic E-state index is 12.4. The van der Waals surface area contributed by atoms with Gasteiger partial charge in [-0.1, -0.05) is 5.16 Å². The first-order valence-electron chi connectivity index (χ1n) is 6.41. The summed E-state index contributed by atoms with van der Waals surface area (Å²) in [5.74, 6) is 0.261. The molecular weight excluding hydrogens is 232 g/mol. The highest BCUT2D eigenvalue weighted by Gasteiger charge is 2.49. The molecule has 2 heterocycles. The molecule has 2 aliphatic heterocycles. The first kappa shape index (κ1) is 11.5. The second kappa shape index (κ2) is 4.25. The number of nitrogens with zero attached hydrogens (tertiary/aromatic N) is 3. The fourth-order valence-electron chi connectivity index (χ4n) is 3.43. The van der Waals surface area contributed by atoms with Gasteiger partial charge in [0, 0.05) is 12.6 Å². The molecule has 1 aliphatic carbocycles. The number of amides is 1. The summed E-state index contributed by atoms with van der Waals surface area (Å²) in [6.45, 7) is 0.688. The molecule has 4 atom stereocenters. The maximum absolute atomic E-state index is 12.4. The van der Waals surface area contributed by atoms with Gasteiger partial charge >= 0.3 is 0 Å². The highest BCUT2D eigenvalue weighted by molar-refractivity contribution is 5.96. The maximum Gasteiger partial charge on any atom is 0.241 e. The van der Waals surface area contributed by atoms with Gasteiger partial charge in [0.1, 0.15) is 6.04 Å². The lowest BCUT2D eigenvalue weighted by Gasteiger charge is -2.28. The fourth-order valence-corrected chi connectivity index (χ4v) is 3.43. The Morgan fingerprint density at radius 1 is 1.61 bits per heavy atom. The number of piperidine rings is 1. The molecule has 2 saturated heterocycles. The predicted octanol–water partition coefficient (Wildman–Crippen LogP) is 0.0816. The molecule has 0 aromatic carbocycles. The quantitative estimate of drug-likeness (QED) is 0.508. The van der Waals surface area contributed by atoms with Crippen molar-refractivity contribution in [1.82, 2.24) is 10.2 Å². The van der Waals surface area contributed by atoms with Crippen molar-refractivity contribution in [2.75, 3.05) is 6.54 Å². The van der Waals surface area contributed by atoms with E-state index in [9.17, 15) is 4.79 Å². The summed E-state index contributed by atoms with van der Waals surface area (Å²) in [4.78, 5) is 14.1. The van der Waals surface area contributed by atoms with Crippen molar-refractivity contribution in [3.05, 3.63) is 0 Å². The van der Waals surface area contributed by atoms with Crippen LogP contribution in [0.5, 0.6) is 0 Å². The van der Waals surface area contributed by atoms with Crippen molar-refractivity contribution < 1.29 is 10.0 Å². The Kier molecular flexibility index (Phi) is 2.71. The van der Waals surface area contributed by atoms with E-state index in [1.807, 2.05) is 0 Å². The number of fused-ring (bicyclic) bond motifs is 2. The molecule has 1 amide bonds. The minimum atomic E-state index is -0.260. The average Bonchev–Trinajstić information content (AvgIpc) is 3.10. The molecule has 0 aromatic rings. The zero-order valence-electron chi connectivity index (χ0n) is 10.0. The normalized spacial score (nSPS) is 40.4. The second-order valence-corrected chi connectivity index (χ2v) is 5.31. The first-order chi connectivity index (χ1) is 8.74. The van der Waals surface area contributed by atoms with Gasteiger partial charge in [0.2, 0.25) is 5.91 Å². The minimum absolute atomic E-state index is 0.0390. The molecule has 2 N–H and O–H groups in total. The summed E-state index contributed by atoms with van der Waals surface area (Å²) in [5, 5.41) is 24.3. The van der Waals surface area contributed by atoms with Gasteiger partial charge in [0.15, 0.2) is 0 Å². The third-order valence-electron chi connectivity index (χ3n) is 4.34. The molecule has 1 saturated carbocycles. The molecule has 96 valence electrons. The molecule has 3 rings (SSSR count). The number of carbonyl (C=O) groups excluding carboxylic acids is 1. The van der Waals surface area contributed by atoms with E-state index in [1.54, 1.807) is 4.90 Å². The summed E-state index contributed by atoms with van der Waals surface area (Å²) in [5.41, 5.74) is 0.752. The number of likely N-dealkylation sites (tertiary alicyclic amines) is 1. The minimum Gasteiger partial charge on any atom is -0.411 e. The number of nitrogens with one attached hydrogen (secondary N) is 1. The van der Waals surface area contributed by atoms with Crippen LogP contribution in [0.3, 0.4) is 0 Å². The molecular formula is C12H16N4O2. The summed E-state index contributed by atoms with van der Waals surface area (Å²) in [7, 11) is 0. The van der Waals surface area contributed by atoms with E-state index in [1.165, 1.54) is 0 Å². The molecule has 2 bridgehead atoms. The van der Waals surface area contributed by atoms with Crippen molar-refractivity contribution in [2.24, 2.45) is 11.1 Å². The standard InChI is InChI=1S/C12H16N4O2/c13-6-8-2-1-3-16(8)12(17)11-7-4-9(14-11)10(5-7)15-18/h7-9,11,14,18H,1-5H2/t7-,8-,9+,11-/m0/s1. The van der Waals surface area contributed by atoms with Gasteiger partial charge in [-0.3, -0.25) is 10.1 Å². The van der Waals surface area contributed by atoms with Crippen molar-refractivity contribution in [3.8, 4) is 6.07 Å². The smallest absolute Gasteiger partial charge is 0.241 e. The molecule has 0 spiro atoms. The lowest BCUT2D eigenvalue weighted by Crippen LogP contribution is -2.52. The molecule has 6 heteroatoms. The van der Waals surface area contributed by atoms with E-state index in [0.29, 0.717) is 13.0 Å². The Hall–Kier alpha value is -1.61. The molecule has 6 nitrogen and oxygen atoms in total. The van der Waals surface area contributed by atoms with E-state index in [0.717, 1.165) is 25.0 Å². The van der Waals surface area contributed by atoms with Crippen molar-refractivity contribution >= 4 is 11.6 Å². The number of carbonyl (C=O) groups is 1. The highest BCUT2D eigenvalue weighted by Crippen LogP contribution is 2.35. The Bertz CT molecular complexity index is 442. The van der Waals surface area contributed by atoms with Gasteiger partial charge in [0.25, 0.3) is 0 Å². The Balaban J connectivity index is 1.71. The number of hydrogen-bond acceptors (Lipinski definition) is 5. The molecule has 18 heavy (non-hydrogen) atoms. The van der Waals surface area contributed by atoms with Crippen LogP contribution < -0.4 is 5.32 Å². The van der Waals surface area contributed by atoms with Gasteiger partial charge in [0.05, 0.1) is 17.8 Å². The van der Waals surface area contributed by atoms with Crippen LogP contribution in [-0.2, 0) is 4.79 Å². The van der Waals surface area contributed by atoms with Crippen LogP contribution in [0.1, 0.15) is 25.7 Å². The zero-order chi connectivity index (χ0) is 12.7. The van der Waals surface area contributed by atoms with E-state index < -0.39 is 0 Å². The molecule has 0 unspecified atom stereocenters. The van der Waals surface area contributed by atoms with E-state index in [2.05, 4.69) is 16.5 Å². The highest BCUT2D eigenvalue weighted by atomic mass is 16.4. The Morgan fingerprint density at radius 2 is 2.44 bits per heavy atom. The number of oxime groups is 1. The zero-order valence-corrected chi connectivity index (χ0v) is 10.0. The molecule has 3 fully saturated rings. The SMILES string of the molecule is N#C[C@@H]1CCCN1C(=O)[C@H]1N[C@@H]2C[C@H]1CC2=NO. The van der Waals surface area contributed by atoms with Crippen molar-refractivity contribution in [2.45, 2.75) is 43.8 Å². The van der Waals surface area contributed by atoms with Crippen LogP contribution in [0.2, 0.25) is 0 Å². The van der Waals surface area contributed by atoms with Gasteiger partial charge in [-0.05, 0) is 31.6 Å². The third kappa shape index (κ3) is 1.58. The second-order valence-electron chi connectivity index (χ2n) is 5.31. The van der Waals surface area contributed by atoms with Crippen LogP contribution in [0.25, 0.3) is 0 Å². The Morgan fingerprint density at radius 3 is 3.06 bits per heavy atom. The molecule has 0 radical (unpaired) electrons. The van der Waals surface area contributed by atoms with E-state index in [-0.39, 0.29) is 30.0 Å². The molecule has 3 aliphatic rings. The Labute approximate surface area is 105 Å². The predicted molar refractivity (Wildman–Crippen MR) is 63.0 cm³/mol. The average molecular weight is 248 g/mol. The van der Waals surface area contributed by atoms with Crippen LogP contribution in [0.4, 0.5) is 0 Å². The largest absolute Gasteiger partial charge is 0.411 e. The van der Waals surface area contributed by atoms with Gasteiger partial charge < -0.3 is 10.1 Å². The van der Waals surface area contributed by atoms with Crippen molar-refractivity contribution in [1.29, 1.82) is 5.26 Å². The van der Waals surface area contributed by atoms with Crippen LogP contribution >= 0.6 is 0 Å². The topological polar surface area (TPSA) is 88.7 Å². The monoisotopic (exact) mass is 248 g/mol. The summed E-state index contributed by atoms with van der Waals surface area (Å²) in [6, 6.07) is 1.78. The van der Waals surface area contributed by atoms with Gasteiger partial charge in [-0.2, -0.15) is 5.26 Å². The van der Waals surface area contributed by atoms with Gasteiger partial charge in [-0.15, -0.1) is 0 Å². The number of hydrogen-bond donors (Lipinski definition) is 2. The lowest BCUT2D eigenvalue weighted by molar-refractivity contribution is -0.134. The number of rotatable bonds is 1.